The predicted octanol–water partition coefficient (Wildman–Crippen LogP) is 15.2. The molecule has 1 aliphatic carbocycles. The van der Waals surface area contributed by atoms with Gasteiger partial charge in [-0.1, -0.05) is 149 Å². The second-order valence-corrected chi connectivity index (χ2v) is 22.2. The molecule has 2 aliphatic heterocycles. The van der Waals surface area contributed by atoms with E-state index in [-0.39, 0.29) is 28.5 Å². The maximum absolute atomic E-state index is 7.44. The highest BCUT2D eigenvalue weighted by atomic mass is 16.3. The minimum Gasteiger partial charge on any atom is -0.466 e. The van der Waals surface area contributed by atoms with E-state index < -0.39 is 0 Å². The van der Waals surface area contributed by atoms with Crippen LogP contribution in [0.5, 0.6) is 0 Å². The molecule has 4 heterocycles. The number of fused-ring (bicyclic) bond motifs is 13. The zero-order valence-corrected chi connectivity index (χ0v) is 39.0. The first-order valence-corrected chi connectivity index (χ1v) is 23.0. The van der Waals surface area contributed by atoms with Crippen molar-refractivity contribution in [2.45, 2.75) is 97.8 Å². The van der Waals surface area contributed by atoms with Gasteiger partial charge in [0.1, 0.15) is 22.4 Å². The third-order valence-electron chi connectivity index (χ3n) is 14.7. The standard InChI is InChI=1S/C59H55BN2O2/c1-56(2,3)34-20-25-37(26-21-34)61-53-45-30-36(58(7,8)9)24-29-49(45)64-55(53)60-52-44(32-43-39-16-12-14-18-46(39)59(10,11)51(43)54(52)61)41-31-42-40-17-13-15-19-48(40)63-50(42)33-47(41)62(60)38-27-22-35(23-28-38)57(4,5)6/h12-33H,1-11H3. The van der Waals surface area contributed by atoms with Crippen molar-refractivity contribution in [2.24, 2.45) is 0 Å². The largest absolute Gasteiger partial charge is 0.466 e. The minimum absolute atomic E-state index is 0.00420. The molecule has 9 aromatic rings. The fourth-order valence-corrected chi connectivity index (χ4v) is 11.2. The van der Waals surface area contributed by atoms with Gasteiger partial charge in [0.2, 0.25) is 0 Å². The number of benzene rings is 7. The summed E-state index contributed by atoms with van der Waals surface area (Å²) < 4.78 is 14.2. The minimum atomic E-state index is -0.303. The zero-order chi connectivity index (χ0) is 44.4. The van der Waals surface area contributed by atoms with E-state index in [0.29, 0.717) is 0 Å². The summed E-state index contributed by atoms with van der Waals surface area (Å²) in [6.45, 7) is 25.2. The Hall–Kier alpha value is -6.46. The monoisotopic (exact) mass is 834 g/mol. The molecule has 12 rings (SSSR count). The maximum Gasteiger partial charge on any atom is 0.375 e. The van der Waals surface area contributed by atoms with E-state index >= 15 is 0 Å². The highest BCUT2D eigenvalue weighted by Gasteiger charge is 2.53. The molecule has 0 saturated heterocycles. The normalized spacial score (nSPS) is 15.1. The Morgan fingerprint density at radius 2 is 1.08 bits per heavy atom. The van der Waals surface area contributed by atoms with E-state index in [1.165, 1.54) is 61.2 Å². The van der Waals surface area contributed by atoms with Crippen molar-refractivity contribution in [2.75, 3.05) is 9.71 Å². The molecule has 3 aliphatic rings. The Kier molecular flexibility index (Phi) is 7.86. The number of anilines is 5. The molecule has 0 fully saturated rings. The van der Waals surface area contributed by atoms with Gasteiger partial charge < -0.3 is 18.5 Å². The molecule has 0 radical (unpaired) electrons. The van der Waals surface area contributed by atoms with Crippen molar-refractivity contribution in [3.63, 3.8) is 0 Å². The van der Waals surface area contributed by atoms with Gasteiger partial charge in [-0.3, -0.25) is 0 Å². The highest BCUT2D eigenvalue weighted by molar-refractivity contribution is 6.93. The summed E-state index contributed by atoms with van der Waals surface area (Å²) in [6, 6.07) is 50.3. The molecule has 0 unspecified atom stereocenters. The van der Waals surface area contributed by atoms with Crippen LogP contribution in [-0.4, -0.2) is 6.85 Å². The molecule has 5 heteroatoms. The topological polar surface area (TPSA) is 32.8 Å². The summed E-state index contributed by atoms with van der Waals surface area (Å²) in [4.78, 5) is 5.16. The van der Waals surface area contributed by atoms with E-state index in [1.54, 1.807) is 0 Å². The Labute approximate surface area is 377 Å². The second-order valence-electron chi connectivity index (χ2n) is 22.2. The predicted molar refractivity (Wildman–Crippen MR) is 271 cm³/mol. The maximum atomic E-state index is 7.44. The van der Waals surface area contributed by atoms with Gasteiger partial charge in [-0.15, -0.1) is 0 Å². The lowest BCUT2D eigenvalue weighted by Crippen LogP contribution is -2.61. The van der Waals surface area contributed by atoms with Gasteiger partial charge in [0, 0.05) is 56.0 Å². The van der Waals surface area contributed by atoms with Crippen LogP contribution in [-0.2, 0) is 21.7 Å². The van der Waals surface area contributed by atoms with Crippen LogP contribution in [0.3, 0.4) is 0 Å². The van der Waals surface area contributed by atoms with Crippen LogP contribution in [0.2, 0.25) is 0 Å². The number of furan rings is 2. The zero-order valence-electron chi connectivity index (χ0n) is 39.0. The SMILES string of the molecule is CC(C)(C)c1ccc(N2B3c4oc5ccc(C(C)(C)C)cc5c4N(c4ccc(C(C)(C)C)cc4)c4c3c(cc3c4C(C)(C)c4ccccc4-3)-c3cc4c(cc32)oc2ccccc24)cc1. The molecule has 0 N–H and O–H groups in total. The lowest BCUT2D eigenvalue weighted by molar-refractivity contribution is 0.590. The summed E-state index contributed by atoms with van der Waals surface area (Å²) in [6.07, 6.45) is 0. The Morgan fingerprint density at radius 1 is 0.469 bits per heavy atom. The molecule has 316 valence electrons. The molecule has 0 bridgehead atoms. The van der Waals surface area contributed by atoms with Gasteiger partial charge in [-0.2, -0.15) is 0 Å². The Morgan fingerprint density at radius 3 is 1.77 bits per heavy atom. The third kappa shape index (κ3) is 5.42. The lowest BCUT2D eigenvalue weighted by atomic mass is 9.45. The first kappa shape index (κ1) is 39.2. The van der Waals surface area contributed by atoms with Crippen LogP contribution >= 0.6 is 0 Å². The van der Waals surface area contributed by atoms with Gasteiger partial charge >= 0.3 is 6.85 Å². The number of nitrogens with zero attached hydrogens (tertiary/aromatic N) is 2. The molecule has 64 heavy (non-hydrogen) atoms. The molecule has 0 amide bonds. The molecule has 2 aromatic heterocycles. The van der Waals surface area contributed by atoms with Gasteiger partial charge in [0.15, 0.2) is 0 Å². The molecular weight excluding hydrogens is 779 g/mol. The summed E-state index contributed by atoms with van der Waals surface area (Å²) in [5.41, 5.74) is 21.8. The summed E-state index contributed by atoms with van der Waals surface area (Å²) in [5, 5.41) is 3.37. The molecule has 4 nitrogen and oxygen atoms in total. The number of para-hydroxylation sites is 1. The van der Waals surface area contributed by atoms with Crippen molar-refractivity contribution in [3.8, 4) is 22.3 Å². The highest BCUT2D eigenvalue weighted by Crippen LogP contribution is 2.59. The van der Waals surface area contributed by atoms with E-state index in [4.69, 9.17) is 8.83 Å². The van der Waals surface area contributed by atoms with Crippen LogP contribution in [0.15, 0.2) is 142 Å². The first-order valence-electron chi connectivity index (χ1n) is 23.0. The van der Waals surface area contributed by atoms with Crippen molar-refractivity contribution in [1.29, 1.82) is 0 Å². The first-order chi connectivity index (χ1) is 30.4. The average molecular weight is 835 g/mol. The third-order valence-corrected chi connectivity index (χ3v) is 14.7. The van der Waals surface area contributed by atoms with Crippen LogP contribution in [0.1, 0.15) is 104 Å². The van der Waals surface area contributed by atoms with Crippen molar-refractivity contribution in [3.05, 3.63) is 161 Å². The Bertz CT molecular complexity index is 3420. The lowest BCUT2D eigenvalue weighted by Gasteiger charge is -2.45. The van der Waals surface area contributed by atoms with Gasteiger partial charge in [0.05, 0.1) is 5.69 Å². The number of hydrogen-bond donors (Lipinski definition) is 0. The van der Waals surface area contributed by atoms with Crippen LogP contribution in [0, 0.1) is 0 Å². The van der Waals surface area contributed by atoms with Crippen molar-refractivity contribution >= 4 is 79.3 Å². The summed E-state index contributed by atoms with van der Waals surface area (Å²) in [7, 11) is 0. The van der Waals surface area contributed by atoms with E-state index in [9.17, 15) is 0 Å². The molecule has 0 atom stereocenters. The smallest absolute Gasteiger partial charge is 0.375 e. The number of rotatable bonds is 2. The molecule has 7 aromatic carbocycles. The van der Waals surface area contributed by atoms with Gasteiger partial charge in [-0.05, 0) is 121 Å². The van der Waals surface area contributed by atoms with Crippen LogP contribution in [0.25, 0.3) is 55.2 Å². The Balaban J connectivity index is 1.27. The number of hydrogen-bond acceptors (Lipinski definition) is 4. The van der Waals surface area contributed by atoms with Crippen molar-refractivity contribution < 1.29 is 8.83 Å². The summed E-state index contributed by atoms with van der Waals surface area (Å²) in [5.74, 6) is 0. The molecule has 0 saturated carbocycles. The summed E-state index contributed by atoms with van der Waals surface area (Å²) >= 11 is 0. The fourth-order valence-electron chi connectivity index (χ4n) is 11.2. The van der Waals surface area contributed by atoms with Gasteiger partial charge in [0.25, 0.3) is 0 Å². The van der Waals surface area contributed by atoms with Gasteiger partial charge in [-0.25, -0.2) is 0 Å². The van der Waals surface area contributed by atoms with E-state index in [0.717, 1.165) is 61.3 Å². The fraction of sp³-hybridized carbons (Fsp3) is 0.254. The quantitative estimate of drug-likeness (QED) is 0.162. The van der Waals surface area contributed by atoms with Crippen molar-refractivity contribution in [1.82, 2.24) is 0 Å². The van der Waals surface area contributed by atoms with E-state index in [1.807, 2.05) is 0 Å². The molecular formula is C59H55BN2O2. The van der Waals surface area contributed by atoms with Crippen LogP contribution in [0.4, 0.5) is 28.4 Å². The van der Waals surface area contributed by atoms with Crippen LogP contribution < -0.4 is 20.8 Å². The second kappa shape index (κ2) is 12.8. The average Bonchev–Trinajstić information content (AvgIpc) is 3.89. The molecule has 0 spiro atoms. The van der Waals surface area contributed by atoms with E-state index in [2.05, 4.69) is 219 Å².